The minimum atomic E-state index is -0.996. The Hall–Kier alpha value is -2.51. The molecule has 0 heterocycles. The number of nitrogens with two attached hydrogens (primary N) is 1. The van der Waals surface area contributed by atoms with Gasteiger partial charge in [0, 0.05) is 18.2 Å². The fraction of sp³-hybridized carbons (Fsp3) is 0.333. The van der Waals surface area contributed by atoms with E-state index in [1.54, 1.807) is 0 Å². The number of hydrogen-bond donors (Lipinski definition) is 3. The van der Waals surface area contributed by atoms with E-state index in [2.05, 4.69) is 29.6 Å². The zero-order chi connectivity index (χ0) is 19.9. The quantitative estimate of drug-likeness (QED) is 0.559. The molecule has 1 unspecified atom stereocenters. The number of ether oxygens (including phenoxy) is 1. The Balaban J connectivity index is 1.42. The van der Waals surface area contributed by atoms with E-state index in [0.29, 0.717) is 18.9 Å². The molecule has 0 radical (unpaired) electrons. The van der Waals surface area contributed by atoms with Gasteiger partial charge in [-0.15, -0.1) is 0 Å². The van der Waals surface area contributed by atoms with Crippen LogP contribution in [0.1, 0.15) is 23.5 Å². The molecule has 1 aliphatic rings. The van der Waals surface area contributed by atoms with Crippen molar-refractivity contribution in [3.63, 3.8) is 0 Å². The number of alkyl carbamates (subject to hydrolysis) is 1. The average molecular weight is 401 g/mol. The van der Waals surface area contributed by atoms with E-state index in [1.807, 2.05) is 24.3 Å². The van der Waals surface area contributed by atoms with E-state index in [9.17, 15) is 9.59 Å². The Morgan fingerprint density at radius 3 is 2.32 bits per heavy atom. The lowest BCUT2D eigenvalue weighted by molar-refractivity contribution is -0.137. The molecule has 7 heteroatoms. The number of thioether (sulfide) groups is 1. The summed E-state index contributed by atoms with van der Waals surface area (Å²) in [5, 5.41) is 11.5. The molecule has 0 spiro atoms. The van der Waals surface area contributed by atoms with Crippen LogP contribution in [0.3, 0.4) is 0 Å². The van der Waals surface area contributed by atoms with Gasteiger partial charge in [0.15, 0.2) is 0 Å². The van der Waals surface area contributed by atoms with Crippen LogP contribution in [0, 0.1) is 0 Å². The van der Waals surface area contributed by atoms with Crippen LogP contribution in [0.5, 0.6) is 0 Å². The van der Waals surface area contributed by atoms with Crippen LogP contribution in [0.25, 0.3) is 11.1 Å². The van der Waals surface area contributed by atoms with Crippen molar-refractivity contribution in [1.82, 2.24) is 5.32 Å². The highest BCUT2D eigenvalue weighted by molar-refractivity contribution is 7.99. The van der Waals surface area contributed by atoms with Crippen molar-refractivity contribution in [2.45, 2.75) is 18.4 Å². The molecular formula is C21H24N2O4S. The van der Waals surface area contributed by atoms with Gasteiger partial charge in [-0.1, -0.05) is 48.5 Å². The highest BCUT2D eigenvalue weighted by Crippen LogP contribution is 2.44. The molecule has 2 aromatic carbocycles. The molecule has 148 valence electrons. The second-order valence-electron chi connectivity index (χ2n) is 6.63. The van der Waals surface area contributed by atoms with Gasteiger partial charge >= 0.3 is 12.1 Å². The molecule has 4 N–H and O–H groups in total. The number of amides is 1. The summed E-state index contributed by atoms with van der Waals surface area (Å²) >= 11 is 1.46. The molecule has 28 heavy (non-hydrogen) atoms. The van der Waals surface area contributed by atoms with Gasteiger partial charge in [0.2, 0.25) is 0 Å². The van der Waals surface area contributed by atoms with Crippen molar-refractivity contribution >= 4 is 23.8 Å². The first kappa shape index (κ1) is 20.2. The van der Waals surface area contributed by atoms with Crippen LogP contribution >= 0.6 is 11.8 Å². The van der Waals surface area contributed by atoms with Gasteiger partial charge in [-0.3, -0.25) is 4.79 Å². The number of carboxylic acid groups (broad SMARTS) is 1. The number of benzene rings is 2. The minimum Gasteiger partial charge on any atom is -0.480 e. The Morgan fingerprint density at radius 2 is 1.71 bits per heavy atom. The fourth-order valence-corrected chi connectivity index (χ4v) is 4.21. The van der Waals surface area contributed by atoms with Crippen LogP contribution < -0.4 is 11.1 Å². The van der Waals surface area contributed by atoms with E-state index in [-0.39, 0.29) is 5.92 Å². The van der Waals surface area contributed by atoms with Crippen molar-refractivity contribution in [2.24, 2.45) is 5.73 Å². The zero-order valence-electron chi connectivity index (χ0n) is 15.5. The number of aliphatic carboxylic acids is 1. The molecule has 1 aliphatic carbocycles. The van der Waals surface area contributed by atoms with E-state index in [1.165, 1.54) is 34.0 Å². The summed E-state index contributed by atoms with van der Waals surface area (Å²) in [6.07, 6.45) is 0.287. The summed E-state index contributed by atoms with van der Waals surface area (Å²) in [7, 11) is 0. The van der Waals surface area contributed by atoms with Crippen molar-refractivity contribution < 1.29 is 19.4 Å². The molecule has 6 nitrogen and oxygen atoms in total. The number of rotatable bonds is 9. The highest BCUT2D eigenvalue weighted by Gasteiger charge is 2.28. The van der Waals surface area contributed by atoms with Crippen molar-refractivity contribution in [1.29, 1.82) is 0 Å². The minimum absolute atomic E-state index is 0.0474. The number of hydrogen-bond acceptors (Lipinski definition) is 5. The second-order valence-corrected chi connectivity index (χ2v) is 7.78. The second kappa shape index (κ2) is 9.61. The maximum absolute atomic E-state index is 12.0. The maximum Gasteiger partial charge on any atom is 0.407 e. The molecule has 1 amide bonds. The molecule has 3 rings (SSSR count). The summed E-state index contributed by atoms with van der Waals surface area (Å²) in [6.45, 7) is 0.772. The molecule has 0 aliphatic heterocycles. The van der Waals surface area contributed by atoms with Crippen LogP contribution in [-0.2, 0) is 9.53 Å². The number of fused-ring (bicyclic) bond motifs is 3. The predicted molar refractivity (Wildman–Crippen MR) is 111 cm³/mol. The third-order valence-corrected chi connectivity index (χ3v) is 5.87. The third-order valence-electron chi connectivity index (χ3n) is 4.69. The number of carbonyl (C=O) groups is 2. The molecule has 1 atom stereocenters. The van der Waals surface area contributed by atoms with E-state index >= 15 is 0 Å². The van der Waals surface area contributed by atoms with Gasteiger partial charge in [0.05, 0.1) is 0 Å². The topological polar surface area (TPSA) is 102 Å². The lowest BCUT2D eigenvalue weighted by atomic mass is 9.98. The monoisotopic (exact) mass is 400 g/mol. The Labute approximate surface area is 168 Å². The van der Waals surface area contributed by atoms with Crippen molar-refractivity contribution in [2.75, 3.05) is 24.7 Å². The van der Waals surface area contributed by atoms with Crippen molar-refractivity contribution in [3.05, 3.63) is 59.7 Å². The summed E-state index contributed by atoms with van der Waals surface area (Å²) in [4.78, 5) is 22.6. The molecule has 2 aromatic rings. The van der Waals surface area contributed by atoms with Crippen LogP contribution in [-0.4, -0.2) is 47.9 Å². The SMILES string of the molecule is NC(CSCCCNC(=O)OCC1c2ccccc2-c2ccccc21)C(=O)O. The average Bonchev–Trinajstić information content (AvgIpc) is 3.02. The molecular weight excluding hydrogens is 376 g/mol. The number of carbonyl (C=O) groups excluding carboxylic acids is 1. The van der Waals surface area contributed by atoms with E-state index < -0.39 is 18.1 Å². The van der Waals surface area contributed by atoms with Gasteiger partial charge in [0.1, 0.15) is 12.6 Å². The molecule has 0 saturated carbocycles. The number of carboxylic acids is 1. The normalized spacial score (nSPS) is 13.5. The maximum atomic E-state index is 12.0. The summed E-state index contributed by atoms with van der Waals surface area (Å²) in [5.41, 5.74) is 10.2. The van der Waals surface area contributed by atoms with Gasteiger partial charge < -0.3 is 20.9 Å². The number of nitrogens with one attached hydrogen (secondary N) is 1. The molecule has 0 saturated heterocycles. The smallest absolute Gasteiger partial charge is 0.407 e. The zero-order valence-corrected chi connectivity index (χ0v) is 16.3. The molecule has 0 fully saturated rings. The Bertz CT molecular complexity index is 797. The van der Waals surface area contributed by atoms with Crippen molar-refractivity contribution in [3.8, 4) is 11.1 Å². The van der Waals surface area contributed by atoms with E-state index in [0.717, 1.165) is 12.2 Å². The Kier molecular flexibility index (Phi) is 6.95. The third kappa shape index (κ3) is 4.85. The van der Waals surface area contributed by atoms with Gasteiger partial charge in [0.25, 0.3) is 0 Å². The first-order valence-electron chi connectivity index (χ1n) is 9.23. The largest absolute Gasteiger partial charge is 0.480 e. The lowest BCUT2D eigenvalue weighted by Gasteiger charge is -2.14. The van der Waals surface area contributed by atoms with Crippen LogP contribution in [0.4, 0.5) is 4.79 Å². The summed E-state index contributed by atoms with van der Waals surface area (Å²) in [6, 6.07) is 15.6. The van der Waals surface area contributed by atoms with Crippen LogP contribution in [0.2, 0.25) is 0 Å². The van der Waals surface area contributed by atoms with Gasteiger partial charge in [-0.25, -0.2) is 4.79 Å². The standard InChI is InChI=1S/C21H24N2O4S/c22-19(20(24)25)13-28-11-5-10-23-21(26)27-12-18-16-8-3-1-6-14(16)15-7-2-4-9-17(15)18/h1-4,6-9,18-19H,5,10-13,22H2,(H,23,26)(H,24,25). The van der Waals surface area contributed by atoms with Crippen LogP contribution in [0.15, 0.2) is 48.5 Å². The van der Waals surface area contributed by atoms with Gasteiger partial charge in [-0.05, 0) is 34.4 Å². The lowest BCUT2D eigenvalue weighted by Crippen LogP contribution is -2.32. The summed E-state index contributed by atoms with van der Waals surface area (Å²) < 4.78 is 5.46. The molecule has 0 aromatic heterocycles. The first-order chi connectivity index (χ1) is 13.6. The van der Waals surface area contributed by atoms with Gasteiger partial charge in [-0.2, -0.15) is 11.8 Å². The highest BCUT2D eigenvalue weighted by atomic mass is 32.2. The first-order valence-corrected chi connectivity index (χ1v) is 10.4. The summed E-state index contributed by atoms with van der Waals surface area (Å²) in [5.74, 6) is 0.140. The Morgan fingerprint density at radius 1 is 1.11 bits per heavy atom. The molecule has 0 bridgehead atoms. The van der Waals surface area contributed by atoms with E-state index in [4.69, 9.17) is 15.6 Å². The fourth-order valence-electron chi connectivity index (χ4n) is 3.30. The predicted octanol–water partition coefficient (Wildman–Crippen LogP) is 3.06.